The standard InChI is InChI=1S/C21H25N3O/c25-20(21(11-6-12-21)17-7-4-13-22-15-17)23-18-8-5-14-24(16-18)19-9-2-1-3-10-19/h1-4,7,9-10,13,15,18H,5-6,8,11-12,14,16H2,(H,23,25)/t18-/m0/s1. The van der Waals surface area contributed by atoms with E-state index in [4.69, 9.17) is 0 Å². The van der Waals surface area contributed by atoms with Crippen molar-refractivity contribution in [3.63, 3.8) is 0 Å². The van der Waals surface area contributed by atoms with Crippen LogP contribution in [-0.4, -0.2) is 30.0 Å². The van der Waals surface area contributed by atoms with Gasteiger partial charge in [0.15, 0.2) is 0 Å². The van der Waals surface area contributed by atoms with Gasteiger partial charge in [-0.3, -0.25) is 9.78 Å². The smallest absolute Gasteiger partial charge is 0.230 e. The number of piperidine rings is 1. The van der Waals surface area contributed by atoms with Gasteiger partial charge in [0.25, 0.3) is 0 Å². The van der Waals surface area contributed by atoms with Gasteiger partial charge in [0.05, 0.1) is 5.41 Å². The van der Waals surface area contributed by atoms with E-state index in [1.165, 1.54) is 5.69 Å². The van der Waals surface area contributed by atoms with E-state index in [1.54, 1.807) is 6.20 Å². The van der Waals surface area contributed by atoms with Crippen LogP contribution < -0.4 is 10.2 Å². The zero-order valence-corrected chi connectivity index (χ0v) is 14.5. The van der Waals surface area contributed by atoms with Crippen LogP contribution in [0.5, 0.6) is 0 Å². The summed E-state index contributed by atoms with van der Waals surface area (Å²) in [5, 5.41) is 3.35. The lowest BCUT2D eigenvalue weighted by Gasteiger charge is -2.43. The lowest BCUT2D eigenvalue weighted by molar-refractivity contribution is -0.130. The first-order valence-corrected chi connectivity index (χ1v) is 9.29. The Morgan fingerprint density at radius 2 is 1.96 bits per heavy atom. The fraction of sp³-hybridized carbons (Fsp3) is 0.429. The first kappa shape index (κ1) is 16.1. The van der Waals surface area contributed by atoms with Crippen molar-refractivity contribution in [3.05, 3.63) is 60.4 Å². The number of nitrogens with zero attached hydrogens (tertiary/aromatic N) is 2. The summed E-state index contributed by atoms with van der Waals surface area (Å²) in [7, 11) is 0. The molecule has 1 aliphatic heterocycles. The summed E-state index contributed by atoms with van der Waals surface area (Å²) < 4.78 is 0. The van der Waals surface area contributed by atoms with Crippen LogP contribution in [-0.2, 0) is 10.2 Å². The fourth-order valence-corrected chi connectivity index (χ4v) is 4.11. The highest BCUT2D eigenvalue weighted by Crippen LogP contribution is 2.43. The quantitative estimate of drug-likeness (QED) is 0.932. The first-order valence-electron chi connectivity index (χ1n) is 9.29. The molecule has 1 saturated heterocycles. The van der Waals surface area contributed by atoms with E-state index in [0.29, 0.717) is 0 Å². The van der Waals surface area contributed by atoms with E-state index in [1.807, 2.05) is 24.4 Å². The second-order valence-corrected chi connectivity index (χ2v) is 7.27. The number of hydrogen-bond donors (Lipinski definition) is 1. The van der Waals surface area contributed by atoms with E-state index in [2.05, 4.69) is 39.5 Å². The number of rotatable bonds is 4. The highest BCUT2D eigenvalue weighted by Gasteiger charge is 2.46. The molecule has 1 atom stereocenters. The van der Waals surface area contributed by atoms with Crippen molar-refractivity contribution >= 4 is 11.6 Å². The van der Waals surface area contributed by atoms with Gasteiger partial charge in [0, 0.05) is 37.2 Å². The summed E-state index contributed by atoms with van der Waals surface area (Å²) in [5.74, 6) is 0.187. The molecule has 1 saturated carbocycles. The Kier molecular flexibility index (Phi) is 4.43. The molecule has 0 bridgehead atoms. The van der Waals surface area contributed by atoms with Gasteiger partial charge in [-0.15, -0.1) is 0 Å². The maximum Gasteiger partial charge on any atom is 0.230 e. The molecule has 25 heavy (non-hydrogen) atoms. The van der Waals surface area contributed by atoms with E-state index >= 15 is 0 Å². The van der Waals surface area contributed by atoms with Crippen molar-refractivity contribution in [1.29, 1.82) is 0 Å². The van der Waals surface area contributed by atoms with Crippen molar-refractivity contribution in [3.8, 4) is 0 Å². The third-order valence-corrected chi connectivity index (χ3v) is 5.73. The summed E-state index contributed by atoms with van der Waals surface area (Å²) in [6.07, 6.45) is 8.77. The number of pyridine rings is 1. The van der Waals surface area contributed by atoms with Crippen LogP contribution in [0.15, 0.2) is 54.9 Å². The number of para-hydroxylation sites is 1. The molecule has 0 spiro atoms. The minimum absolute atomic E-state index is 0.187. The molecule has 130 valence electrons. The Morgan fingerprint density at radius 1 is 1.12 bits per heavy atom. The molecule has 4 nitrogen and oxygen atoms in total. The Balaban J connectivity index is 1.45. The molecule has 0 radical (unpaired) electrons. The summed E-state index contributed by atoms with van der Waals surface area (Å²) in [6.45, 7) is 1.95. The largest absolute Gasteiger partial charge is 0.369 e. The number of anilines is 1. The molecule has 0 unspecified atom stereocenters. The monoisotopic (exact) mass is 335 g/mol. The van der Waals surface area contributed by atoms with Crippen LogP contribution in [0.25, 0.3) is 0 Å². The van der Waals surface area contributed by atoms with Crippen molar-refractivity contribution < 1.29 is 4.79 Å². The molecule has 2 aromatic rings. The number of nitrogens with one attached hydrogen (secondary N) is 1. The summed E-state index contributed by atoms with van der Waals surface area (Å²) in [5.41, 5.74) is 1.95. The minimum atomic E-state index is -0.358. The number of hydrogen-bond acceptors (Lipinski definition) is 3. The maximum atomic E-state index is 13.1. The van der Waals surface area contributed by atoms with Gasteiger partial charge >= 0.3 is 0 Å². The van der Waals surface area contributed by atoms with Gasteiger partial charge in [-0.1, -0.05) is 30.7 Å². The van der Waals surface area contributed by atoms with Gasteiger partial charge in [-0.25, -0.2) is 0 Å². The maximum absolute atomic E-state index is 13.1. The van der Waals surface area contributed by atoms with Crippen LogP contribution >= 0.6 is 0 Å². The molecule has 1 aromatic heterocycles. The summed E-state index contributed by atoms with van der Waals surface area (Å²) >= 11 is 0. The van der Waals surface area contributed by atoms with Crippen molar-refractivity contribution in [2.75, 3.05) is 18.0 Å². The lowest BCUT2D eigenvalue weighted by atomic mass is 9.64. The fourth-order valence-electron chi connectivity index (χ4n) is 4.11. The molecule has 1 aromatic carbocycles. The SMILES string of the molecule is O=C(N[C@H]1CCCN(c2ccccc2)C1)C1(c2cccnc2)CCC1. The summed E-state index contributed by atoms with van der Waals surface area (Å²) in [6, 6.07) is 14.7. The van der Waals surface area contributed by atoms with Crippen LogP contribution in [0.4, 0.5) is 5.69 Å². The second-order valence-electron chi connectivity index (χ2n) is 7.27. The topological polar surface area (TPSA) is 45.2 Å². The Labute approximate surface area is 149 Å². The van der Waals surface area contributed by atoms with Gasteiger partial charge in [0.2, 0.25) is 5.91 Å². The lowest BCUT2D eigenvalue weighted by Crippen LogP contribution is -2.55. The molecule has 4 heteroatoms. The molecule has 2 fully saturated rings. The highest BCUT2D eigenvalue weighted by atomic mass is 16.2. The van der Waals surface area contributed by atoms with E-state index in [-0.39, 0.29) is 17.4 Å². The number of carbonyl (C=O) groups excluding carboxylic acids is 1. The molecule has 1 amide bonds. The Morgan fingerprint density at radius 3 is 2.64 bits per heavy atom. The predicted molar refractivity (Wildman–Crippen MR) is 99.6 cm³/mol. The van der Waals surface area contributed by atoms with Crippen LogP contribution in [0.3, 0.4) is 0 Å². The number of amides is 1. The highest BCUT2D eigenvalue weighted by molar-refractivity contribution is 5.89. The zero-order valence-electron chi connectivity index (χ0n) is 14.5. The van der Waals surface area contributed by atoms with Gasteiger partial charge in [-0.2, -0.15) is 0 Å². The third-order valence-electron chi connectivity index (χ3n) is 5.73. The molecular weight excluding hydrogens is 310 g/mol. The van der Waals surface area contributed by atoms with E-state index in [0.717, 1.165) is 50.8 Å². The second kappa shape index (κ2) is 6.87. The Hall–Kier alpha value is -2.36. The van der Waals surface area contributed by atoms with Crippen molar-refractivity contribution in [2.24, 2.45) is 0 Å². The number of benzene rings is 1. The third kappa shape index (κ3) is 3.13. The van der Waals surface area contributed by atoms with E-state index < -0.39 is 0 Å². The molecule has 2 aliphatic rings. The van der Waals surface area contributed by atoms with Gasteiger partial charge in [-0.05, 0) is 49.4 Å². The van der Waals surface area contributed by atoms with Crippen molar-refractivity contribution in [1.82, 2.24) is 10.3 Å². The predicted octanol–water partition coefficient (Wildman–Crippen LogP) is 3.29. The Bertz CT molecular complexity index is 712. The zero-order chi connectivity index (χ0) is 17.1. The van der Waals surface area contributed by atoms with Crippen LogP contribution in [0.2, 0.25) is 0 Å². The molecule has 4 rings (SSSR count). The van der Waals surface area contributed by atoms with Crippen molar-refractivity contribution in [2.45, 2.75) is 43.6 Å². The first-order chi connectivity index (χ1) is 12.3. The molecule has 1 aliphatic carbocycles. The van der Waals surface area contributed by atoms with Gasteiger partial charge < -0.3 is 10.2 Å². The molecule has 1 N–H and O–H groups in total. The van der Waals surface area contributed by atoms with Crippen LogP contribution in [0.1, 0.15) is 37.7 Å². The van der Waals surface area contributed by atoms with E-state index in [9.17, 15) is 4.79 Å². The molecular formula is C21H25N3O. The van der Waals surface area contributed by atoms with Crippen LogP contribution in [0, 0.1) is 0 Å². The average molecular weight is 335 g/mol. The summed E-state index contributed by atoms with van der Waals surface area (Å²) in [4.78, 5) is 19.7. The van der Waals surface area contributed by atoms with Gasteiger partial charge in [0.1, 0.15) is 0 Å². The normalized spacial score (nSPS) is 22.1. The number of aromatic nitrogens is 1. The minimum Gasteiger partial charge on any atom is -0.369 e. The molecule has 2 heterocycles. The number of carbonyl (C=O) groups is 1. The average Bonchev–Trinajstić information content (AvgIpc) is 2.63.